The van der Waals surface area contributed by atoms with Crippen LogP contribution in [0.25, 0.3) is 0 Å². The highest BCUT2D eigenvalue weighted by Crippen LogP contribution is 2.04. The van der Waals surface area contributed by atoms with Crippen LogP contribution in [0.15, 0.2) is 54.6 Å². The summed E-state index contributed by atoms with van der Waals surface area (Å²) in [6.07, 6.45) is 1.08. The van der Waals surface area contributed by atoms with Gasteiger partial charge < -0.3 is 0 Å². The summed E-state index contributed by atoms with van der Waals surface area (Å²) in [5.74, 6) is 6.31. The van der Waals surface area contributed by atoms with Crippen LogP contribution in [0.3, 0.4) is 0 Å². The molecular formula is C18H20. The van der Waals surface area contributed by atoms with Crippen molar-refractivity contribution in [2.45, 2.75) is 27.2 Å². The lowest BCUT2D eigenvalue weighted by molar-refractivity contribution is 1.14. The zero-order valence-corrected chi connectivity index (χ0v) is 11.4. The monoisotopic (exact) mass is 236 g/mol. The van der Waals surface area contributed by atoms with Crippen LogP contribution in [0.1, 0.15) is 37.5 Å². The third-order valence-corrected chi connectivity index (χ3v) is 2.49. The van der Waals surface area contributed by atoms with Gasteiger partial charge in [0.25, 0.3) is 0 Å². The minimum Gasteiger partial charge on any atom is -0.0683 e. The first-order valence-electron chi connectivity index (χ1n) is 6.54. The second kappa shape index (κ2) is 8.14. The van der Waals surface area contributed by atoms with E-state index in [1.807, 2.05) is 44.2 Å². The summed E-state index contributed by atoms with van der Waals surface area (Å²) in [5, 5.41) is 0. The Labute approximate surface area is 111 Å². The molecule has 0 bridgehead atoms. The van der Waals surface area contributed by atoms with Gasteiger partial charge in [0.1, 0.15) is 0 Å². The Kier molecular flexibility index (Phi) is 6.36. The maximum atomic E-state index is 3.16. The molecule has 0 aliphatic carbocycles. The summed E-state index contributed by atoms with van der Waals surface area (Å²) < 4.78 is 0. The fourth-order valence-corrected chi connectivity index (χ4v) is 1.49. The Bertz CT molecular complexity index is 495. The van der Waals surface area contributed by atoms with Crippen LogP contribution < -0.4 is 0 Å². The SMILES string of the molecule is CC.CCc1ccc(C#Cc2ccccc2)cc1. The Morgan fingerprint density at radius 3 is 1.72 bits per heavy atom. The third-order valence-electron chi connectivity index (χ3n) is 2.49. The van der Waals surface area contributed by atoms with Gasteiger partial charge in [0, 0.05) is 11.1 Å². The van der Waals surface area contributed by atoms with Crippen LogP contribution in [0, 0.1) is 11.8 Å². The van der Waals surface area contributed by atoms with Gasteiger partial charge in [-0.2, -0.15) is 0 Å². The maximum absolute atomic E-state index is 3.16. The number of rotatable bonds is 1. The number of hydrogen-bond donors (Lipinski definition) is 0. The molecule has 0 radical (unpaired) electrons. The van der Waals surface area contributed by atoms with Gasteiger partial charge in [0.15, 0.2) is 0 Å². The lowest BCUT2D eigenvalue weighted by atomic mass is 10.1. The Balaban J connectivity index is 0.000000771. The number of hydrogen-bond acceptors (Lipinski definition) is 0. The third kappa shape index (κ3) is 4.47. The van der Waals surface area contributed by atoms with Crippen LogP contribution in [0.4, 0.5) is 0 Å². The van der Waals surface area contributed by atoms with E-state index in [0.717, 1.165) is 17.5 Å². The van der Waals surface area contributed by atoms with Gasteiger partial charge >= 0.3 is 0 Å². The van der Waals surface area contributed by atoms with Crippen molar-refractivity contribution in [3.05, 3.63) is 71.3 Å². The topological polar surface area (TPSA) is 0 Å². The Morgan fingerprint density at radius 1 is 0.722 bits per heavy atom. The maximum Gasteiger partial charge on any atom is 0.0249 e. The molecule has 0 aliphatic rings. The first kappa shape index (κ1) is 14.1. The summed E-state index contributed by atoms with van der Waals surface area (Å²) in [7, 11) is 0. The molecule has 0 fully saturated rings. The molecule has 0 aromatic heterocycles. The molecule has 0 amide bonds. The molecule has 0 atom stereocenters. The van der Waals surface area contributed by atoms with Crippen LogP contribution in [-0.4, -0.2) is 0 Å². The van der Waals surface area contributed by atoms with Crippen LogP contribution in [0.2, 0.25) is 0 Å². The molecular weight excluding hydrogens is 216 g/mol. The Hall–Kier alpha value is -2.00. The van der Waals surface area contributed by atoms with E-state index < -0.39 is 0 Å². The van der Waals surface area contributed by atoms with Gasteiger partial charge in [-0.1, -0.05) is 62.9 Å². The largest absolute Gasteiger partial charge is 0.0683 e. The molecule has 0 heterocycles. The lowest BCUT2D eigenvalue weighted by Crippen LogP contribution is -1.80. The van der Waals surface area contributed by atoms with Gasteiger partial charge in [0.2, 0.25) is 0 Å². The second-order valence-electron chi connectivity index (χ2n) is 3.67. The molecule has 0 unspecified atom stereocenters. The van der Waals surface area contributed by atoms with Crippen LogP contribution in [0.5, 0.6) is 0 Å². The quantitative estimate of drug-likeness (QED) is 0.631. The van der Waals surface area contributed by atoms with Gasteiger partial charge in [-0.25, -0.2) is 0 Å². The molecule has 0 saturated carbocycles. The van der Waals surface area contributed by atoms with Crippen molar-refractivity contribution in [1.29, 1.82) is 0 Å². The molecule has 0 saturated heterocycles. The van der Waals surface area contributed by atoms with Gasteiger partial charge in [0.05, 0.1) is 0 Å². The minimum absolute atomic E-state index is 1.06. The average molecular weight is 236 g/mol. The molecule has 18 heavy (non-hydrogen) atoms. The van der Waals surface area contributed by atoms with Crippen molar-refractivity contribution in [1.82, 2.24) is 0 Å². The van der Waals surface area contributed by atoms with E-state index in [1.54, 1.807) is 0 Å². The van der Waals surface area contributed by atoms with Crippen molar-refractivity contribution in [2.24, 2.45) is 0 Å². The fourth-order valence-electron chi connectivity index (χ4n) is 1.49. The van der Waals surface area contributed by atoms with Crippen LogP contribution >= 0.6 is 0 Å². The van der Waals surface area contributed by atoms with E-state index in [1.165, 1.54) is 5.56 Å². The summed E-state index contributed by atoms with van der Waals surface area (Å²) in [4.78, 5) is 0. The molecule has 0 spiro atoms. The van der Waals surface area contributed by atoms with Gasteiger partial charge in [-0.05, 0) is 36.2 Å². The molecule has 92 valence electrons. The normalized spacial score (nSPS) is 8.61. The molecule has 2 aromatic carbocycles. The standard InChI is InChI=1S/C16H14.C2H6/c1-2-14-8-10-16(11-9-14)13-12-15-6-4-3-5-7-15;1-2/h3-11H,2H2,1H3;1-2H3. The second-order valence-corrected chi connectivity index (χ2v) is 3.67. The summed E-state index contributed by atoms with van der Waals surface area (Å²) in [6.45, 7) is 6.16. The van der Waals surface area contributed by atoms with E-state index in [2.05, 4.69) is 43.0 Å². The number of benzene rings is 2. The lowest BCUT2D eigenvalue weighted by Gasteiger charge is -1.95. The smallest absolute Gasteiger partial charge is 0.0249 e. The van der Waals surface area contributed by atoms with E-state index in [-0.39, 0.29) is 0 Å². The highest BCUT2D eigenvalue weighted by molar-refractivity contribution is 5.43. The van der Waals surface area contributed by atoms with Crippen LogP contribution in [-0.2, 0) is 6.42 Å². The predicted octanol–water partition coefficient (Wildman–Crippen LogP) is 4.68. The first-order valence-corrected chi connectivity index (χ1v) is 6.54. The minimum atomic E-state index is 1.06. The van der Waals surface area contributed by atoms with Crippen molar-refractivity contribution in [3.63, 3.8) is 0 Å². The molecule has 0 heteroatoms. The molecule has 0 nitrogen and oxygen atoms in total. The van der Waals surface area contributed by atoms with Gasteiger partial charge in [-0.15, -0.1) is 0 Å². The van der Waals surface area contributed by atoms with E-state index in [9.17, 15) is 0 Å². The first-order chi connectivity index (χ1) is 8.88. The summed E-state index contributed by atoms with van der Waals surface area (Å²) >= 11 is 0. The van der Waals surface area contributed by atoms with Crippen molar-refractivity contribution < 1.29 is 0 Å². The zero-order valence-electron chi connectivity index (χ0n) is 11.4. The van der Waals surface area contributed by atoms with E-state index in [0.29, 0.717) is 0 Å². The van der Waals surface area contributed by atoms with E-state index >= 15 is 0 Å². The highest BCUT2D eigenvalue weighted by atomic mass is 13.9. The molecule has 2 aromatic rings. The highest BCUT2D eigenvalue weighted by Gasteiger charge is 1.89. The predicted molar refractivity (Wildman–Crippen MR) is 79.6 cm³/mol. The van der Waals surface area contributed by atoms with Crippen molar-refractivity contribution >= 4 is 0 Å². The molecule has 2 rings (SSSR count). The number of aryl methyl sites for hydroxylation is 1. The summed E-state index contributed by atoms with van der Waals surface area (Å²) in [6, 6.07) is 18.5. The van der Waals surface area contributed by atoms with Gasteiger partial charge in [-0.3, -0.25) is 0 Å². The Morgan fingerprint density at radius 2 is 1.22 bits per heavy atom. The van der Waals surface area contributed by atoms with Crippen molar-refractivity contribution in [2.75, 3.05) is 0 Å². The molecule has 0 N–H and O–H groups in total. The van der Waals surface area contributed by atoms with Crippen molar-refractivity contribution in [3.8, 4) is 11.8 Å². The van der Waals surface area contributed by atoms with E-state index in [4.69, 9.17) is 0 Å². The average Bonchev–Trinajstić information content (AvgIpc) is 2.49. The fraction of sp³-hybridized carbons (Fsp3) is 0.222. The molecule has 0 aliphatic heterocycles. The zero-order chi connectivity index (χ0) is 13.2. The summed E-state index contributed by atoms with van der Waals surface area (Å²) in [5.41, 5.74) is 3.48.